The summed E-state index contributed by atoms with van der Waals surface area (Å²) in [6.45, 7) is 3.24. The lowest BCUT2D eigenvalue weighted by molar-refractivity contribution is -0.136. The van der Waals surface area contributed by atoms with Crippen molar-refractivity contribution in [2.75, 3.05) is 19.4 Å². The Hall–Kier alpha value is -1.82. The second-order valence-electron chi connectivity index (χ2n) is 4.85. The molecule has 1 aromatic rings. The van der Waals surface area contributed by atoms with E-state index in [4.69, 9.17) is 5.73 Å². The Bertz CT molecular complexity index is 494. The molecule has 0 bridgehead atoms. The summed E-state index contributed by atoms with van der Waals surface area (Å²) in [6.07, 6.45) is 1.43. The largest absolute Gasteiger partial charge is 0.398 e. The van der Waals surface area contributed by atoms with Gasteiger partial charge in [0.15, 0.2) is 0 Å². The lowest BCUT2D eigenvalue weighted by atomic mass is 10.1. The Balaban J connectivity index is 2.88. The van der Waals surface area contributed by atoms with Gasteiger partial charge in [-0.1, -0.05) is 0 Å². The van der Waals surface area contributed by atoms with Crippen LogP contribution < -0.4 is 11.3 Å². The molecular formula is C12H19N3O3. The Labute approximate surface area is 106 Å². The molecular weight excluding hydrogens is 234 g/mol. The third-order valence-corrected chi connectivity index (χ3v) is 2.98. The summed E-state index contributed by atoms with van der Waals surface area (Å²) in [5, 5.41) is 9.20. The molecule has 1 aromatic heterocycles. The second-order valence-corrected chi connectivity index (χ2v) is 4.85. The van der Waals surface area contributed by atoms with Gasteiger partial charge in [-0.15, -0.1) is 0 Å². The average Bonchev–Trinajstić information content (AvgIpc) is 2.32. The van der Waals surface area contributed by atoms with E-state index in [-0.39, 0.29) is 24.6 Å². The number of carbonyl (C=O) groups excluding carboxylic acids is 1. The van der Waals surface area contributed by atoms with E-state index in [0.717, 1.165) is 0 Å². The van der Waals surface area contributed by atoms with Gasteiger partial charge in [-0.2, -0.15) is 0 Å². The molecule has 1 rings (SSSR count). The smallest absolute Gasteiger partial charge is 0.251 e. The number of amides is 1. The van der Waals surface area contributed by atoms with Crippen LogP contribution in [0.2, 0.25) is 0 Å². The van der Waals surface area contributed by atoms with Crippen LogP contribution in [0.1, 0.15) is 13.8 Å². The quantitative estimate of drug-likeness (QED) is 0.768. The molecule has 0 radical (unpaired) electrons. The fraction of sp³-hybridized carbons (Fsp3) is 0.500. The van der Waals surface area contributed by atoms with Crippen molar-refractivity contribution in [1.82, 2.24) is 9.47 Å². The molecule has 1 amide bonds. The van der Waals surface area contributed by atoms with Gasteiger partial charge in [0.05, 0.1) is 12.1 Å². The number of aliphatic hydroxyl groups excluding tert-OH is 1. The average molecular weight is 253 g/mol. The molecule has 0 saturated heterocycles. The highest BCUT2D eigenvalue weighted by molar-refractivity contribution is 5.76. The maximum absolute atomic E-state index is 12.0. The first-order valence-corrected chi connectivity index (χ1v) is 5.61. The zero-order valence-electron chi connectivity index (χ0n) is 10.9. The maximum Gasteiger partial charge on any atom is 0.251 e. The molecule has 0 unspecified atom stereocenters. The molecule has 18 heavy (non-hydrogen) atoms. The monoisotopic (exact) mass is 253 g/mol. The van der Waals surface area contributed by atoms with Gasteiger partial charge >= 0.3 is 0 Å². The Morgan fingerprint density at radius 3 is 2.67 bits per heavy atom. The predicted molar refractivity (Wildman–Crippen MR) is 69.0 cm³/mol. The number of pyridine rings is 1. The highest BCUT2D eigenvalue weighted by atomic mass is 16.3. The fourth-order valence-electron chi connectivity index (χ4n) is 1.37. The van der Waals surface area contributed by atoms with E-state index in [2.05, 4.69) is 0 Å². The van der Waals surface area contributed by atoms with Gasteiger partial charge < -0.3 is 20.3 Å². The van der Waals surface area contributed by atoms with Gasteiger partial charge in [-0.25, -0.2) is 0 Å². The molecule has 100 valence electrons. The van der Waals surface area contributed by atoms with E-state index in [0.29, 0.717) is 5.69 Å². The molecule has 0 aliphatic heterocycles. The van der Waals surface area contributed by atoms with Crippen molar-refractivity contribution >= 4 is 11.6 Å². The summed E-state index contributed by atoms with van der Waals surface area (Å²) in [4.78, 5) is 25.0. The van der Waals surface area contributed by atoms with Crippen LogP contribution in [0.25, 0.3) is 0 Å². The Morgan fingerprint density at radius 2 is 2.11 bits per heavy atom. The first-order chi connectivity index (χ1) is 8.27. The number of aliphatic hydroxyl groups is 1. The highest BCUT2D eigenvalue weighted by Gasteiger charge is 2.26. The minimum atomic E-state index is -0.666. The summed E-state index contributed by atoms with van der Waals surface area (Å²) in [5.41, 5.74) is 5.04. The molecule has 0 aliphatic carbocycles. The van der Waals surface area contributed by atoms with Crippen LogP contribution in [0.3, 0.4) is 0 Å². The first kappa shape index (κ1) is 14.2. The number of nitrogen functional groups attached to an aromatic ring is 1. The number of nitrogens with zero attached hydrogens (tertiary/aromatic N) is 2. The zero-order valence-corrected chi connectivity index (χ0v) is 10.9. The molecule has 0 saturated carbocycles. The van der Waals surface area contributed by atoms with Gasteiger partial charge in [-0.05, 0) is 19.9 Å². The molecule has 3 N–H and O–H groups in total. The molecule has 0 fully saturated rings. The molecule has 6 heteroatoms. The number of hydrogen-bond donors (Lipinski definition) is 2. The van der Waals surface area contributed by atoms with Crippen LogP contribution in [0.5, 0.6) is 0 Å². The maximum atomic E-state index is 12.0. The number of carbonyl (C=O) groups is 1. The van der Waals surface area contributed by atoms with Crippen LogP contribution in [-0.2, 0) is 11.3 Å². The van der Waals surface area contributed by atoms with Crippen molar-refractivity contribution in [3.05, 3.63) is 28.7 Å². The van der Waals surface area contributed by atoms with E-state index in [1.54, 1.807) is 20.9 Å². The van der Waals surface area contributed by atoms with Crippen LogP contribution in [0.4, 0.5) is 5.69 Å². The molecule has 6 nitrogen and oxygen atoms in total. The van der Waals surface area contributed by atoms with Crippen molar-refractivity contribution in [2.24, 2.45) is 0 Å². The number of aromatic nitrogens is 1. The van der Waals surface area contributed by atoms with Crippen LogP contribution in [-0.4, -0.2) is 39.7 Å². The van der Waals surface area contributed by atoms with Gasteiger partial charge in [0, 0.05) is 25.0 Å². The number of hydrogen-bond acceptors (Lipinski definition) is 4. The molecule has 0 aliphatic rings. The predicted octanol–water partition coefficient (Wildman–Crippen LogP) is -0.340. The van der Waals surface area contributed by atoms with Gasteiger partial charge in [-0.3, -0.25) is 9.59 Å². The van der Waals surface area contributed by atoms with Crippen LogP contribution in [0, 0.1) is 0 Å². The van der Waals surface area contributed by atoms with E-state index in [1.807, 2.05) is 0 Å². The second kappa shape index (κ2) is 5.22. The van der Waals surface area contributed by atoms with Crippen LogP contribution >= 0.6 is 0 Å². The summed E-state index contributed by atoms with van der Waals surface area (Å²) < 4.78 is 1.25. The standard InChI is InChI=1S/C12H19N3O3/c1-12(2,8-16)14(3)11(18)7-15-6-9(13)4-5-10(15)17/h4-6,16H,7-8,13H2,1-3H3. The van der Waals surface area contributed by atoms with E-state index in [1.165, 1.54) is 27.8 Å². The molecule has 0 spiro atoms. The summed E-state index contributed by atoms with van der Waals surface area (Å²) in [6, 6.07) is 2.81. The topological polar surface area (TPSA) is 88.6 Å². The van der Waals surface area contributed by atoms with Crippen molar-refractivity contribution in [1.29, 1.82) is 0 Å². The third-order valence-electron chi connectivity index (χ3n) is 2.98. The lowest BCUT2D eigenvalue weighted by Gasteiger charge is -2.34. The summed E-state index contributed by atoms with van der Waals surface area (Å²) in [7, 11) is 1.59. The number of anilines is 1. The minimum Gasteiger partial charge on any atom is -0.398 e. The zero-order chi connectivity index (χ0) is 13.9. The SMILES string of the molecule is CN(C(=O)Cn1cc(N)ccc1=O)C(C)(C)CO. The van der Waals surface area contributed by atoms with E-state index in [9.17, 15) is 14.7 Å². The first-order valence-electron chi connectivity index (χ1n) is 5.61. The molecule has 0 atom stereocenters. The van der Waals surface area contributed by atoms with Gasteiger partial charge in [0.25, 0.3) is 5.56 Å². The normalized spacial score (nSPS) is 11.3. The highest BCUT2D eigenvalue weighted by Crippen LogP contribution is 2.11. The number of rotatable bonds is 4. The molecule has 1 heterocycles. The van der Waals surface area contributed by atoms with E-state index < -0.39 is 5.54 Å². The van der Waals surface area contributed by atoms with Crippen LogP contribution in [0.15, 0.2) is 23.1 Å². The lowest BCUT2D eigenvalue weighted by Crippen LogP contribution is -2.49. The van der Waals surface area contributed by atoms with Crippen molar-refractivity contribution in [3.8, 4) is 0 Å². The Kier molecular flexibility index (Phi) is 4.13. The Morgan fingerprint density at radius 1 is 1.50 bits per heavy atom. The summed E-state index contributed by atoms with van der Waals surface area (Å²) >= 11 is 0. The molecule has 0 aromatic carbocycles. The summed E-state index contributed by atoms with van der Waals surface area (Å²) in [5.74, 6) is -0.262. The van der Waals surface area contributed by atoms with E-state index >= 15 is 0 Å². The van der Waals surface area contributed by atoms with Gasteiger partial charge in [0.1, 0.15) is 6.54 Å². The van der Waals surface area contributed by atoms with Crippen molar-refractivity contribution in [3.63, 3.8) is 0 Å². The number of likely N-dealkylation sites (N-methyl/N-ethyl adjacent to an activating group) is 1. The van der Waals surface area contributed by atoms with Crippen molar-refractivity contribution in [2.45, 2.75) is 25.9 Å². The number of nitrogens with two attached hydrogens (primary N) is 1. The fourth-order valence-corrected chi connectivity index (χ4v) is 1.37. The third kappa shape index (κ3) is 3.10. The minimum absolute atomic E-state index is 0.0934. The van der Waals surface area contributed by atoms with Crippen molar-refractivity contribution < 1.29 is 9.90 Å². The van der Waals surface area contributed by atoms with Gasteiger partial charge in [0.2, 0.25) is 5.91 Å².